The van der Waals surface area contributed by atoms with E-state index in [9.17, 15) is 9.59 Å². The Labute approximate surface area is 200 Å². The number of fused-ring (bicyclic) bond motifs is 3. The predicted octanol–water partition coefficient (Wildman–Crippen LogP) is 3.44. The molecule has 32 heavy (non-hydrogen) atoms. The Hall–Kier alpha value is -2.20. The number of rotatable bonds is 4. The molecule has 6 nitrogen and oxygen atoms in total. The fourth-order valence-corrected chi connectivity index (χ4v) is 8.63. The highest BCUT2D eigenvalue weighted by molar-refractivity contribution is 8.25. The number of thiocarbonyl (C=S) groups is 1. The second-order valence-electron chi connectivity index (χ2n) is 8.21. The van der Waals surface area contributed by atoms with Crippen LogP contribution in [0.4, 0.5) is 5.69 Å². The zero-order valence-electron chi connectivity index (χ0n) is 18.0. The molecule has 0 bridgehead atoms. The van der Waals surface area contributed by atoms with Crippen molar-refractivity contribution >= 4 is 57.1 Å². The molecule has 5 rings (SSSR count). The SMILES string of the molecule is C=CCN1C(=O)[C@]2(SC1=S)[C@H](c1cccs1)CN(C)[C@@]21C(=O)N(C)c2ccc(OC)cc21. The van der Waals surface area contributed by atoms with Crippen LogP contribution < -0.4 is 9.64 Å². The average Bonchev–Trinajstić information content (AvgIpc) is 3.51. The summed E-state index contributed by atoms with van der Waals surface area (Å²) in [6.07, 6.45) is 1.68. The van der Waals surface area contributed by atoms with Crippen LogP contribution in [0.15, 0.2) is 48.4 Å². The molecule has 0 unspecified atom stereocenters. The van der Waals surface area contributed by atoms with Crippen LogP contribution in [0.25, 0.3) is 0 Å². The fourth-order valence-electron chi connectivity index (χ4n) is 5.53. The van der Waals surface area contributed by atoms with Crippen LogP contribution >= 0.6 is 35.3 Å². The highest BCUT2D eigenvalue weighted by atomic mass is 32.2. The summed E-state index contributed by atoms with van der Waals surface area (Å²) in [5.74, 6) is 0.196. The van der Waals surface area contributed by atoms with E-state index in [1.807, 2.05) is 47.7 Å². The van der Waals surface area contributed by atoms with Crippen LogP contribution in [0.2, 0.25) is 0 Å². The first-order chi connectivity index (χ1) is 15.3. The molecule has 2 amide bonds. The summed E-state index contributed by atoms with van der Waals surface area (Å²) in [4.78, 5) is 34.9. The lowest BCUT2D eigenvalue weighted by Gasteiger charge is -2.42. The Morgan fingerprint density at radius 1 is 1.28 bits per heavy atom. The number of likely N-dealkylation sites (N-methyl/N-ethyl adjacent to an activating group) is 2. The molecule has 0 N–H and O–H groups in total. The summed E-state index contributed by atoms with van der Waals surface area (Å²) < 4.78 is 4.87. The molecule has 3 aliphatic heterocycles. The molecule has 2 saturated heterocycles. The summed E-state index contributed by atoms with van der Waals surface area (Å²) in [7, 11) is 5.31. The third kappa shape index (κ3) is 2.42. The molecule has 0 saturated carbocycles. The second-order valence-corrected chi connectivity index (χ2v) is 11.1. The van der Waals surface area contributed by atoms with E-state index in [2.05, 4.69) is 6.58 Å². The highest BCUT2D eigenvalue weighted by Gasteiger charge is 2.78. The van der Waals surface area contributed by atoms with E-state index >= 15 is 0 Å². The van der Waals surface area contributed by atoms with Crippen molar-refractivity contribution in [3.8, 4) is 5.75 Å². The summed E-state index contributed by atoms with van der Waals surface area (Å²) >= 11 is 8.67. The van der Waals surface area contributed by atoms with E-state index < -0.39 is 10.3 Å². The molecule has 9 heteroatoms. The van der Waals surface area contributed by atoms with Gasteiger partial charge in [0.15, 0.2) is 5.54 Å². The minimum atomic E-state index is -1.21. The molecule has 1 aromatic heterocycles. The van der Waals surface area contributed by atoms with Gasteiger partial charge in [-0.3, -0.25) is 19.4 Å². The highest BCUT2D eigenvalue weighted by Crippen LogP contribution is 2.67. The van der Waals surface area contributed by atoms with Gasteiger partial charge >= 0.3 is 0 Å². The molecule has 2 aromatic rings. The van der Waals surface area contributed by atoms with Crippen LogP contribution in [0.1, 0.15) is 16.4 Å². The molecular weight excluding hydrogens is 462 g/mol. The van der Waals surface area contributed by atoms with Crippen molar-refractivity contribution < 1.29 is 14.3 Å². The molecular formula is C23H23N3O3S3. The van der Waals surface area contributed by atoms with E-state index in [-0.39, 0.29) is 17.7 Å². The maximum atomic E-state index is 14.3. The fraction of sp³-hybridized carbons (Fsp3) is 0.348. The molecule has 2 fully saturated rings. The monoisotopic (exact) mass is 485 g/mol. The van der Waals surface area contributed by atoms with Crippen molar-refractivity contribution in [3.05, 3.63) is 58.8 Å². The van der Waals surface area contributed by atoms with E-state index in [4.69, 9.17) is 17.0 Å². The van der Waals surface area contributed by atoms with E-state index in [0.717, 1.165) is 16.1 Å². The van der Waals surface area contributed by atoms with Gasteiger partial charge < -0.3 is 9.64 Å². The minimum Gasteiger partial charge on any atom is -0.497 e. The van der Waals surface area contributed by atoms with Crippen molar-refractivity contribution in [3.63, 3.8) is 0 Å². The molecule has 4 heterocycles. The summed E-state index contributed by atoms with van der Waals surface area (Å²) in [6.45, 7) is 4.68. The lowest BCUT2D eigenvalue weighted by Crippen LogP contribution is -2.62. The molecule has 0 radical (unpaired) electrons. The summed E-state index contributed by atoms with van der Waals surface area (Å²) in [5.41, 5.74) is 0.368. The number of benzene rings is 1. The Morgan fingerprint density at radius 3 is 2.72 bits per heavy atom. The van der Waals surface area contributed by atoms with Crippen LogP contribution in [-0.2, 0) is 15.1 Å². The number of amides is 2. The first kappa shape index (κ1) is 21.6. The standard InChI is InChI=1S/C23H23N3O3S3/c1-5-10-26-20(28)23(32-21(26)30)16(18-7-6-11-31-18)13-24(2)22(23)15-12-14(29-4)8-9-17(15)25(3)19(22)27/h5-9,11-12,16H,1,10,13H2,2-4H3/t16-,22-,23+/m0/s1. The lowest BCUT2D eigenvalue weighted by atomic mass is 9.73. The summed E-state index contributed by atoms with van der Waals surface area (Å²) in [6, 6.07) is 9.68. The number of nitrogens with zero attached hydrogens (tertiary/aromatic N) is 3. The maximum absolute atomic E-state index is 14.3. The van der Waals surface area contributed by atoms with E-state index in [0.29, 0.717) is 23.2 Å². The van der Waals surface area contributed by atoms with Crippen LogP contribution in [0.5, 0.6) is 5.75 Å². The zero-order chi connectivity index (χ0) is 22.8. The van der Waals surface area contributed by atoms with Gasteiger partial charge in [0.05, 0.1) is 7.11 Å². The Morgan fingerprint density at radius 2 is 2.06 bits per heavy atom. The zero-order valence-corrected chi connectivity index (χ0v) is 20.5. The van der Waals surface area contributed by atoms with Gasteiger partial charge in [0, 0.05) is 42.2 Å². The number of likely N-dealkylation sites (tertiary alicyclic amines) is 1. The van der Waals surface area contributed by atoms with Gasteiger partial charge in [0.1, 0.15) is 14.8 Å². The second kappa shape index (κ2) is 7.41. The molecule has 1 aromatic carbocycles. The van der Waals surface area contributed by atoms with Crippen molar-refractivity contribution in [2.45, 2.75) is 16.2 Å². The number of anilines is 1. The lowest BCUT2D eigenvalue weighted by molar-refractivity contribution is -0.138. The minimum absolute atomic E-state index is 0.119. The van der Waals surface area contributed by atoms with Crippen LogP contribution in [0.3, 0.4) is 0 Å². The maximum Gasteiger partial charge on any atom is 0.254 e. The van der Waals surface area contributed by atoms with Crippen molar-refractivity contribution in [2.24, 2.45) is 0 Å². The van der Waals surface area contributed by atoms with E-state index in [1.165, 1.54) is 11.8 Å². The average molecular weight is 486 g/mol. The number of hydrogen-bond donors (Lipinski definition) is 0. The summed E-state index contributed by atoms with van der Waals surface area (Å²) in [5, 5.41) is 2.01. The number of methoxy groups -OCH3 is 1. The van der Waals surface area contributed by atoms with Gasteiger partial charge in [-0.1, -0.05) is 36.1 Å². The molecule has 3 aliphatic rings. The van der Waals surface area contributed by atoms with Crippen LogP contribution in [-0.4, -0.2) is 65.0 Å². The smallest absolute Gasteiger partial charge is 0.254 e. The topological polar surface area (TPSA) is 53.1 Å². The van der Waals surface area contributed by atoms with Gasteiger partial charge in [0.25, 0.3) is 5.91 Å². The first-order valence-electron chi connectivity index (χ1n) is 10.2. The number of carbonyl (C=O) groups is 2. The molecule has 0 aliphatic carbocycles. The van der Waals surface area contributed by atoms with Crippen molar-refractivity contribution in [2.75, 3.05) is 39.2 Å². The normalized spacial score (nSPS) is 29.6. The number of carbonyl (C=O) groups excluding carboxylic acids is 2. The van der Waals surface area contributed by atoms with Crippen molar-refractivity contribution in [1.29, 1.82) is 0 Å². The van der Waals surface area contributed by atoms with Gasteiger partial charge in [-0.2, -0.15) is 0 Å². The van der Waals surface area contributed by atoms with E-state index in [1.54, 1.807) is 41.4 Å². The number of ether oxygens (including phenoxy) is 1. The first-order valence-corrected chi connectivity index (χ1v) is 12.3. The van der Waals surface area contributed by atoms with Crippen molar-refractivity contribution in [1.82, 2.24) is 9.80 Å². The molecule has 2 spiro atoms. The van der Waals surface area contributed by atoms with Gasteiger partial charge in [-0.25, -0.2) is 0 Å². The molecule has 3 atom stereocenters. The number of thioether (sulfide) groups is 1. The predicted molar refractivity (Wildman–Crippen MR) is 133 cm³/mol. The third-order valence-electron chi connectivity index (χ3n) is 6.86. The Balaban J connectivity index is 1.84. The quantitative estimate of drug-likeness (QED) is 0.489. The van der Waals surface area contributed by atoms with Crippen LogP contribution in [0, 0.1) is 0 Å². The van der Waals surface area contributed by atoms with Gasteiger partial charge in [-0.15, -0.1) is 17.9 Å². The number of hydrogen-bond acceptors (Lipinski definition) is 7. The third-order valence-corrected chi connectivity index (χ3v) is 9.78. The number of thiophene rings is 1. The molecule has 166 valence electrons. The van der Waals surface area contributed by atoms with Gasteiger partial charge in [0.2, 0.25) is 5.91 Å². The Bertz CT molecular complexity index is 1150. The Kier molecular flexibility index (Phi) is 5.01. The largest absolute Gasteiger partial charge is 0.497 e. The van der Waals surface area contributed by atoms with Gasteiger partial charge in [-0.05, 0) is 36.7 Å².